The van der Waals surface area contributed by atoms with Gasteiger partial charge in [0.05, 0.1) is 11.0 Å². The Bertz CT molecular complexity index is 854. The highest BCUT2D eigenvalue weighted by Gasteiger charge is 2.10. The Hall–Kier alpha value is -2.62. The first kappa shape index (κ1) is 19.2. The molecule has 0 saturated heterocycles. The molecule has 1 aromatic heterocycles. The van der Waals surface area contributed by atoms with Gasteiger partial charge in [-0.25, -0.2) is 4.98 Å². The molecule has 142 valence electrons. The third-order valence-electron chi connectivity index (χ3n) is 4.80. The van der Waals surface area contributed by atoms with Crippen LogP contribution in [0.3, 0.4) is 0 Å². The van der Waals surface area contributed by atoms with E-state index in [-0.39, 0.29) is 5.91 Å². The van der Waals surface area contributed by atoms with E-state index in [2.05, 4.69) is 58.4 Å². The zero-order valence-electron chi connectivity index (χ0n) is 16.2. The standard InChI is InChI=1S/C23H29N3O/c1-2-10-23(27)24-17-8-16-22-25-20-14-6-7-15-21(20)26(22)18-9-13-19-11-4-3-5-12-19/h3-7,11-12,14-15H,2,8-10,13,16-18H2,1H3,(H,24,27). The van der Waals surface area contributed by atoms with Crippen molar-refractivity contribution in [1.82, 2.24) is 14.9 Å². The first-order valence-electron chi connectivity index (χ1n) is 10.0. The molecule has 1 amide bonds. The largest absolute Gasteiger partial charge is 0.356 e. The minimum absolute atomic E-state index is 0.147. The van der Waals surface area contributed by atoms with Gasteiger partial charge in [-0.15, -0.1) is 0 Å². The molecule has 2 aromatic carbocycles. The van der Waals surface area contributed by atoms with Crippen LogP contribution in [0.4, 0.5) is 0 Å². The third-order valence-corrected chi connectivity index (χ3v) is 4.80. The van der Waals surface area contributed by atoms with Crippen molar-refractivity contribution in [2.75, 3.05) is 6.54 Å². The van der Waals surface area contributed by atoms with Crippen LogP contribution in [-0.2, 0) is 24.2 Å². The van der Waals surface area contributed by atoms with Gasteiger partial charge in [0.2, 0.25) is 5.91 Å². The number of rotatable bonds is 10. The summed E-state index contributed by atoms with van der Waals surface area (Å²) in [7, 11) is 0. The Labute approximate surface area is 161 Å². The summed E-state index contributed by atoms with van der Waals surface area (Å²) in [5, 5.41) is 3.00. The number of nitrogens with zero attached hydrogens (tertiary/aromatic N) is 2. The molecule has 0 unspecified atom stereocenters. The number of nitrogens with one attached hydrogen (secondary N) is 1. The lowest BCUT2D eigenvalue weighted by molar-refractivity contribution is -0.121. The van der Waals surface area contributed by atoms with Crippen LogP contribution >= 0.6 is 0 Å². The van der Waals surface area contributed by atoms with Gasteiger partial charge in [0.25, 0.3) is 0 Å². The number of fused-ring (bicyclic) bond motifs is 1. The maximum Gasteiger partial charge on any atom is 0.219 e. The molecule has 1 heterocycles. The summed E-state index contributed by atoms with van der Waals surface area (Å²) in [6.07, 6.45) is 5.45. The predicted octanol–water partition coefficient (Wildman–Crippen LogP) is 4.52. The van der Waals surface area contributed by atoms with Crippen molar-refractivity contribution in [1.29, 1.82) is 0 Å². The molecule has 4 nitrogen and oxygen atoms in total. The molecule has 0 radical (unpaired) electrons. The fourth-order valence-corrected chi connectivity index (χ4v) is 3.44. The van der Waals surface area contributed by atoms with Crippen LogP contribution in [0.25, 0.3) is 11.0 Å². The summed E-state index contributed by atoms with van der Waals surface area (Å²) in [5.41, 5.74) is 3.64. The number of amides is 1. The zero-order valence-corrected chi connectivity index (χ0v) is 16.2. The van der Waals surface area contributed by atoms with Crippen molar-refractivity contribution in [2.45, 2.75) is 52.0 Å². The van der Waals surface area contributed by atoms with Gasteiger partial charge >= 0.3 is 0 Å². The summed E-state index contributed by atoms with van der Waals surface area (Å²) in [6, 6.07) is 19.0. The first-order chi connectivity index (χ1) is 13.3. The van der Waals surface area contributed by atoms with Gasteiger partial charge in [0.15, 0.2) is 0 Å². The van der Waals surface area contributed by atoms with Crippen LogP contribution in [0.15, 0.2) is 54.6 Å². The van der Waals surface area contributed by atoms with E-state index in [9.17, 15) is 4.79 Å². The molecule has 27 heavy (non-hydrogen) atoms. The summed E-state index contributed by atoms with van der Waals surface area (Å²) in [5.74, 6) is 1.27. The van der Waals surface area contributed by atoms with E-state index in [1.165, 1.54) is 11.1 Å². The highest BCUT2D eigenvalue weighted by molar-refractivity contribution is 5.76. The molecule has 0 saturated carbocycles. The smallest absolute Gasteiger partial charge is 0.219 e. The van der Waals surface area contributed by atoms with E-state index < -0.39 is 0 Å². The lowest BCUT2D eigenvalue weighted by Gasteiger charge is -2.10. The van der Waals surface area contributed by atoms with Crippen molar-refractivity contribution < 1.29 is 4.79 Å². The zero-order chi connectivity index (χ0) is 18.9. The molecule has 0 atom stereocenters. The molecule has 0 bridgehead atoms. The molecular weight excluding hydrogens is 334 g/mol. The van der Waals surface area contributed by atoms with Crippen LogP contribution < -0.4 is 5.32 Å². The fourth-order valence-electron chi connectivity index (χ4n) is 3.44. The third kappa shape index (κ3) is 5.43. The van der Waals surface area contributed by atoms with Crippen LogP contribution in [0, 0.1) is 0 Å². The van der Waals surface area contributed by atoms with Gasteiger partial charge in [0.1, 0.15) is 5.82 Å². The molecule has 1 N–H and O–H groups in total. The van der Waals surface area contributed by atoms with Crippen LogP contribution in [-0.4, -0.2) is 22.0 Å². The van der Waals surface area contributed by atoms with Crippen molar-refractivity contribution in [2.24, 2.45) is 0 Å². The molecule has 3 aromatic rings. The molecule has 0 aliphatic heterocycles. The van der Waals surface area contributed by atoms with Gasteiger partial charge < -0.3 is 9.88 Å². The number of hydrogen-bond acceptors (Lipinski definition) is 2. The van der Waals surface area contributed by atoms with Crippen molar-refractivity contribution in [3.05, 3.63) is 66.0 Å². The van der Waals surface area contributed by atoms with E-state index in [4.69, 9.17) is 4.98 Å². The average Bonchev–Trinajstić information content (AvgIpc) is 3.04. The van der Waals surface area contributed by atoms with Crippen molar-refractivity contribution in [3.8, 4) is 0 Å². The van der Waals surface area contributed by atoms with Crippen LogP contribution in [0.5, 0.6) is 0 Å². The summed E-state index contributed by atoms with van der Waals surface area (Å²) >= 11 is 0. The van der Waals surface area contributed by atoms with Gasteiger partial charge in [-0.1, -0.05) is 49.4 Å². The molecular formula is C23H29N3O. The number of hydrogen-bond donors (Lipinski definition) is 1. The second-order valence-corrected chi connectivity index (χ2v) is 6.96. The van der Waals surface area contributed by atoms with E-state index in [1.54, 1.807) is 0 Å². The first-order valence-corrected chi connectivity index (χ1v) is 10.0. The van der Waals surface area contributed by atoms with E-state index in [1.807, 2.05) is 13.0 Å². The second kappa shape index (κ2) is 9.91. The molecule has 3 rings (SSSR count). The quantitative estimate of drug-likeness (QED) is 0.538. The molecule has 0 spiro atoms. The van der Waals surface area contributed by atoms with E-state index >= 15 is 0 Å². The maximum absolute atomic E-state index is 11.6. The summed E-state index contributed by atoms with van der Waals surface area (Å²) in [4.78, 5) is 16.4. The number of imidazole rings is 1. The van der Waals surface area contributed by atoms with Gasteiger partial charge in [-0.05, 0) is 43.4 Å². The molecule has 0 aliphatic rings. The number of carbonyl (C=O) groups is 1. The number of carbonyl (C=O) groups excluding carboxylic acids is 1. The number of para-hydroxylation sites is 2. The van der Waals surface area contributed by atoms with Gasteiger partial charge in [0, 0.05) is 25.9 Å². The number of benzene rings is 2. The Morgan fingerprint density at radius 1 is 1.00 bits per heavy atom. The minimum atomic E-state index is 0.147. The Kier molecular flexibility index (Phi) is 7.03. The normalized spacial score (nSPS) is 11.0. The van der Waals surface area contributed by atoms with E-state index in [0.717, 1.165) is 50.0 Å². The summed E-state index contributed by atoms with van der Waals surface area (Å²) < 4.78 is 2.35. The van der Waals surface area contributed by atoms with Crippen LogP contribution in [0.2, 0.25) is 0 Å². The number of aromatic nitrogens is 2. The fraction of sp³-hybridized carbons (Fsp3) is 0.391. The minimum Gasteiger partial charge on any atom is -0.356 e. The monoisotopic (exact) mass is 363 g/mol. The second-order valence-electron chi connectivity index (χ2n) is 6.96. The van der Waals surface area contributed by atoms with Crippen molar-refractivity contribution in [3.63, 3.8) is 0 Å². The molecule has 4 heteroatoms. The van der Waals surface area contributed by atoms with Gasteiger partial charge in [-0.3, -0.25) is 4.79 Å². The van der Waals surface area contributed by atoms with Crippen molar-refractivity contribution >= 4 is 16.9 Å². The average molecular weight is 364 g/mol. The lowest BCUT2D eigenvalue weighted by Crippen LogP contribution is -2.24. The highest BCUT2D eigenvalue weighted by atomic mass is 16.1. The molecule has 0 aliphatic carbocycles. The SMILES string of the molecule is CCCC(=O)NCCCc1nc2ccccc2n1CCCc1ccccc1. The highest BCUT2D eigenvalue weighted by Crippen LogP contribution is 2.18. The Morgan fingerprint density at radius 2 is 1.78 bits per heavy atom. The summed E-state index contributed by atoms with van der Waals surface area (Å²) in [6.45, 7) is 3.70. The predicted molar refractivity (Wildman–Crippen MR) is 111 cm³/mol. The Balaban J connectivity index is 1.61. The lowest BCUT2D eigenvalue weighted by atomic mass is 10.1. The maximum atomic E-state index is 11.6. The topological polar surface area (TPSA) is 46.9 Å². The Morgan fingerprint density at radius 3 is 2.59 bits per heavy atom. The van der Waals surface area contributed by atoms with E-state index in [0.29, 0.717) is 13.0 Å². The van der Waals surface area contributed by atoms with Gasteiger partial charge in [-0.2, -0.15) is 0 Å². The van der Waals surface area contributed by atoms with Crippen LogP contribution in [0.1, 0.15) is 44.0 Å². The molecule has 0 fully saturated rings. The number of aryl methyl sites for hydroxylation is 3.